The van der Waals surface area contributed by atoms with Crippen molar-refractivity contribution in [3.63, 3.8) is 0 Å². The standard InChI is InChI=1S/C27H24BrN3O4/c1-16-12-21(17(2)31(16)25-10-8-23(28)9-11-25)13-22(15-29)27(34)35-19(4)26(33)30-24-7-5-6-20(14-24)18(3)32/h5-14,19H,1-4H3,(H,30,33)/b22-13+/t19-/m1/s1. The molecule has 3 aromatic rings. The molecular formula is C27H24BrN3O4. The summed E-state index contributed by atoms with van der Waals surface area (Å²) in [5.74, 6) is -1.62. The van der Waals surface area contributed by atoms with Crippen LogP contribution in [-0.2, 0) is 14.3 Å². The first-order valence-corrected chi connectivity index (χ1v) is 11.6. The van der Waals surface area contributed by atoms with Crippen LogP contribution in [0.5, 0.6) is 0 Å². The third-order valence-corrected chi connectivity index (χ3v) is 5.91. The van der Waals surface area contributed by atoms with Crippen LogP contribution in [0.3, 0.4) is 0 Å². The van der Waals surface area contributed by atoms with Crippen LogP contribution in [0.25, 0.3) is 11.8 Å². The quantitative estimate of drug-likeness (QED) is 0.186. The molecule has 0 fully saturated rings. The predicted octanol–water partition coefficient (Wildman–Crippen LogP) is 5.54. The van der Waals surface area contributed by atoms with Crippen molar-refractivity contribution in [2.24, 2.45) is 0 Å². The number of aryl methyl sites for hydroxylation is 1. The Balaban J connectivity index is 1.76. The van der Waals surface area contributed by atoms with E-state index in [9.17, 15) is 19.6 Å². The summed E-state index contributed by atoms with van der Waals surface area (Å²) < 4.78 is 8.22. The molecular weight excluding hydrogens is 510 g/mol. The van der Waals surface area contributed by atoms with Gasteiger partial charge in [0.25, 0.3) is 5.91 Å². The Hall–Kier alpha value is -3.96. The highest BCUT2D eigenvalue weighted by Gasteiger charge is 2.22. The first kappa shape index (κ1) is 25.7. The van der Waals surface area contributed by atoms with E-state index in [2.05, 4.69) is 21.2 Å². The van der Waals surface area contributed by atoms with Crippen molar-refractivity contribution < 1.29 is 19.1 Å². The number of rotatable bonds is 7. The number of amides is 1. The first-order valence-electron chi connectivity index (χ1n) is 10.8. The second kappa shape index (κ2) is 11.0. The van der Waals surface area contributed by atoms with Gasteiger partial charge in [0.2, 0.25) is 0 Å². The minimum Gasteiger partial charge on any atom is -0.448 e. The van der Waals surface area contributed by atoms with Crippen molar-refractivity contribution in [1.29, 1.82) is 5.26 Å². The van der Waals surface area contributed by atoms with Gasteiger partial charge in [0.05, 0.1) is 0 Å². The Morgan fingerprint density at radius 3 is 2.43 bits per heavy atom. The molecule has 0 aliphatic rings. The maximum Gasteiger partial charge on any atom is 0.349 e. The lowest BCUT2D eigenvalue weighted by atomic mass is 10.1. The summed E-state index contributed by atoms with van der Waals surface area (Å²) >= 11 is 3.43. The summed E-state index contributed by atoms with van der Waals surface area (Å²) in [7, 11) is 0. The third kappa shape index (κ3) is 6.14. The molecule has 1 aromatic heterocycles. The highest BCUT2D eigenvalue weighted by atomic mass is 79.9. The molecule has 0 spiro atoms. The molecule has 7 nitrogen and oxygen atoms in total. The van der Waals surface area contributed by atoms with Gasteiger partial charge in [-0.3, -0.25) is 9.59 Å². The summed E-state index contributed by atoms with van der Waals surface area (Å²) in [4.78, 5) is 36.7. The molecule has 0 bridgehead atoms. The monoisotopic (exact) mass is 533 g/mol. The fourth-order valence-corrected chi connectivity index (χ4v) is 3.82. The molecule has 1 heterocycles. The van der Waals surface area contributed by atoms with E-state index in [1.807, 2.05) is 54.8 Å². The Morgan fingerprint density at radius 1 is 1.11 bits per heavy atom. The first-order chi connectivity index (χ1) is 16.6. The minimum absolute atomic E-state index is 0.135. The molecule has 3 rings (SSSR count). The van der Waals surface area contributed by atoms with E-state index >= 15 is 0 Å². The molecule has 0 radical (unpaired) electrons. The van der Waals surface area contributed by atoms with Crippen molar-refractivity contribution >= 4 is 45.4 Å². The van der Waals surface area contributed by atoms with Gasteiger partial charge < -0.3 is 14.6 Å². The second-order valence-corrected chi connectivity index (χ2v) is 8.90. The van der Waals surface area contributed by atoms with Gasteiger partial charge in [-0.15, -0.1) is 0 Å². The normalized spacial score (nSPS) is 11.9. The van der Waals surface area contributed by atoms with Gasteiger partial charge in [0.15, 0.2) is 11.9 Å². The van der Waals surface area contributed by atoms with Crippen LogP contribution in [0, 0.1) is 25.2 Å². The van der Waals surface area contributed by atoms with Gasteiger partial charge in [-0.1, -0.05) is 28.1 Å². The zero-order valence-electron chi connectivity index (χ0n) is 19.8. The van der Waals surface area contributed by atoms with E-state index in [-0.39, 0.29) is 11.4 Å². The highest BCUT2D eigenvalue weighted by Crippen LogP contribution is 2.24. The van der Waals surface area contributed by atoms with Crippen LogP contribution >= 0.6 is 15.9 Å². The number of ether oxygens (including phenoxy) is 1. The molecule has 0 aliphatic heterocycles. The summed E-state index contributed by atoms with van der Waals surface area (Å²) in [6.07, 6.45) is 0.302. The van der Waals surface area contributed by atoms with Gasteiger partial charge in [-0.2, -0.15) is 5.26 Å². The second-order valence-electron chi connectivity index (χ2n) is 7.98. The number of esters is 1. The Bertz CT molecular complexity index is 1360. The average molecular weight is 534 g/mol. The SMILES string of the molecule is CC(=O)c1cccc(NC(=O)[C@@H](C)OC(=O)/C(C#N)=C/c2cc(C)n(-c3ccc(Br)cc3)c2C)c1. The fourth-order valence-electron chi connectivity index (χ4n) is 3.55. The van der Waals surface area contributed by atoms with Crippen molar-refractivity contribution in [2.75, 3.05) is 5.32 Å². The molecule has 0 saturated carbocycles. The van der Waals surface area contributed by atoms with Crippen molar-refractivity contribution in [3.05, 3.63) is 87.2 Å². The number of aromatic nitrogens is 1. The van der Waals surface area contributed by atoms with E-state index in [0.717, 1.165) is 21.5 Å². The maximum absolute atomic E-state index is 12.7. The third-order valence-electron chi connectivity index (χ3n) is 5.38. The number of Topliss-reactive ketones (excluding diaryl/α,β-unsaturated/α-hetero) is 1. The largest absolute Gasteiger partial charge is 0.448 e. The Kier molecular flexibility index (Phi) is 8.05. The smallest absolute Gasteiger partial charge is 0.349 e. The number of carbonyl (C=O) groups excluding carboxylic acids is 3. The zero-order chi connectivity index (χ0) is 25.7. The van der Waals surface area contributed by atoms with E-state index in [4.69, 9.17) is 4.74 Å². The van der Waals surface area contributed by atoms with Gasteiger partial charge >= 0.3 is 5.97 Å². The summed E-state index contributed by atoms with van der Waals surface area (Å²) in [6, 6.07) is 18.0. The molecule has 1 amide bonds. The predicted molar refractivity (Wildman–Crippen MR) is 137 cm³/mol. The molecule has 0 unspecified atom stereocenters. The molecule has 1 N–H and O–H groups in total. The van der Waals surface area contributed by atoms with Crippen LogP contribution in [0.1, 0.15) is 41.2 Å². The molecule has 8 heteroatoms. The molecule has 0 saturated heterocycles. The van der Waals surface area contributed by atoms with Crippen molar-refractivity contribution in [1.82, 2.24) is 4.57 Å². The molecule has 178 valence electrons. The van der Waals surface area contributed by atoms with Crippen LogP contribution in [-0.4, -0.2) is 28.3 Å². The van der Waals surface area contributed by atoms with Crippen LogP contribution in [0.15, 0.2) is 64.6 Å². The van der Waals surface area contributed by atoms with E-state index in [0.29, 0.717) is 16.8 Å². The molecule has 0 aliphatic carbocycles. The average Bonchev–Trinajstić information content (AvgIpc) is 3.10. The topological polar surface area (TPSA) is 101 Å². The Labute approximate surface area is 212 Å². The summed E-state index contributed by atoms with van der Waals surface area (Å²) in [6.45, 7) is 6.67. The number of nitrogens with one attached hydrogen (secondary N) is 1. The van der Waals surface area contributed by atoms with Gasteiger partial charge in [0, 0.05) is 32.8 Å². The number of nitrogens with zero attached hydrogens (tertiary/aromatic N) is 2. The number of benzene rings is 2. The van der Waals surface area contributed by atoms with Gasteiger partial charge in [-0.05, 0) is 81.8 Å². The lowest BCUT2D eigenvalue weighted by molar-refractivity contribution is -0.148. The number of nitriles is 1. The number of ketones is 1. The van der Waals surface area contributed by atoms with E-state index in [1.54, 1.807) is 18.2 Å². The Morgan fingerprint density at radius 2 is 1.80 bits per heavy atom. The van der Waals surface area contributed by atoms with Crippen molar-refractivity contribution in [2.45, 2.75) is 33.8 Å². The number of anilines is 1. The summed E-state index contributed by atoms with van der Waals surface area (Å²) in [5, 5.41) is 12.2. The minimum atomic E-state index is -1.16. The van der Waals surface area contributed by atoms with E-state index in [1.165, 1.54) is 26.0 Å². The number of hydrogen-bond acceptors (Lipinski definition) is 5. The lowest BCUT2D eigenvalue weighted by Crippen LogP contribution is -2.30. The van der Waals surface area contributed by atoms with Gasteiger partial charge in [0.1, 0.15) is 11.6 Å². The number of carbonyl (C=O) groups is 3. The maximum atomic E-state index is 12.7. The zero-order valence-corrected chi connectivity index (χ0v) is 21.3. The van der Waals surface area contributed by atoms with E-state index < -0.39 is 18.0 Å². The number of hydrogen-bond donors (Lipinski definition) is 1. The highest BCUT2D eigenvalue weighted by molar-refractivity contribution is 9.10. The fraction of sp³-hybridized carbons (Fsp3) is 0.185. The van der Waals surface area contributed by atoms with Gasteiger partial charge in [-0.25, -0.2) is 4.79 Å². The summed E-state index contributed by atoms with van der Waals surface area (Å²) in [5.41, 5.74) is 4.05. The molecule has 1 atom stereocenters. The number of halogens is 1. The van der Waals surface area contributed by atoms with Crippen LogP contribution in [0.4, 0.5) is 5.69 Å². The molecule has 2 aromatic carbocycles. The van der Waals surface area contributed by atoms with Crippen LogP contribution in [0.2, 0.25) is 0 Å². The lowest BCUT2D eigenvalue weighted by Gasteiger charge is -2.13. The van der Waals surface area contributed by atoms with Crippen LogP contribution < -0.4 is 5.32 Å². The molecule has 35 heavy (non-hydrogen) atoms. The van der Waals surface area contributed by atoms with Crippen molar-refractivity contribution in [3.8, 4) is 11.8 Å².